The molecule has 2 amide bonds. The zero-order valence-electron chi connectivity index (χ0n) is 20.6. The molecule has 3 N–H and O–H groups in total. The number of hydrogen-bond donors (Lipinski definition) is 3. The molecule has 5 aromatic rings. The third kappa shape index (κ3) is 5.32. The van der Waals surface area contributed by atoms with Crippen molar-refractivity contribution < 1.29 is 9.59 Å². The van der Waals surface area contributed by atoms with Gasteiger partial charge in [-0.2, -0.15) is 15.3 Å². The van der Waals surface area contributed by atoms with E-state index in [-0.39, 0.29) is 5.69 Å². The molecule has 0 aliphatic rings. The van der Waals surface area contributed by atoms with Crippen molar-refractivity contribution in [1.29, 1.82) is 0 Å². The Kier molecular flexibility index (Phi) is 7.28. The van der Waals surface area contributed by atoms with E-state index in [0.717, 1.165) is 5.69 Å². The molecule has 2 heterocycles. The number of hydrazone groups is 1. The molecule has 5 rings (SSSR count). The summed E-state index contributed by atoms with van der Waals surface area (Å²) in [5.74, 6) is -1.18. The summed E-state index contributed by atoms with van der Waals surface area (Å²) in [7, 11) is 0. The fraction of sp³-hybridized carbons (Fsp3) is 0.0714. The van der Waals surface area contributed by atoms with Gasteiger partial charge in [0.25, 0.3) is 17.4 Å². The smallest absolute Gasteiger partial charge is 0.272 e. The number of nitrogens with one attached hydrogen (secondary N) is 3. The van der Waals surface area contributed by atoms with Gasteiger partial charge in [-0.3, -0.25) is 14.4 Å². The van der Waals surface area contributed by atoms with Gasteiger partial charge in [-0.1, -0.05) is 66.2 Å². The summed E-state index contributed by atoms with van der Waals surface area (Å²) in [5.41, 5.74) is 4.44. The highest BCUT2D eigenvalue weighted by atomic mass is 35.5. The fourth-order valence-corrected chi connectivity index (χ4v) is 4.36. The van der Waals surface area contributed by atoms with Crippen LogP contribution >= 0.6 is 11.6 Å². The monoisotopic (exact) mass is 539 g/mol. The molecule has 2 aromatic heterocycles. The number of fused-ring (bicyclic) bond motifs is 1. The minimum Gasteiger partial charge on any atom is -0.335 e. The molecule has 0 spiro atoms. The second-order valence-corrected chi connectivity index (χ2v) is 8.89. The van der Waals surface area contributed by atoms with Crippen LogP contribution in [0.5, 0.6) is 0 Å². The van der Waals surface area contributed by atoms with E-state index in [9.17, 15) is 14.4 Å². The number of hydrogen-bond acceptors (Lipinski definition) is 6. The number of nitrogens with zero attached hydrogens (tertiary/aromatic N) is 4. The van der Waals surface area contributed by atoms with Gasteiger partial charge in [0.1, 0.15) is 10.8 Å². The van der Waals surface area contributed by atoms with Crippen molar-refractivity contribution in [3.8, 4) is 5.69 Å². The van der Waals surface area contributed by atoms with Crippen LogP contribution in [0, 0.1) is 6.92 Å². The average molecular weight is 540 g/mol. The summed E-state index contributed by atoms with van der Waals surface area (Å²) in [6.45, 7) is 1.77. The first-order chi connectivity index (χ1) is 18.9. The van der Waals surface area contributed by atoms with Crippen LogP contribution in [0.15, 0.2) is 94.8 Å². The number of H-pyrrole nitrogens is 1. The first kappa shape index (κ1) is 25.6. The molecule has 10 nitrogen and oxygen atoms in total. The van der Waals surface area contributed by atoms with Gasteiger partial charge in [0.15, 0.2) is 6.04 Å². The summed E-state index contributed by atoms with van der Waals surface area (Å²) in [6.07, 6.45) is 1.39. The molecule has 0 bridgehead atoms. The summed E-state index contributed by atoms with van der Waals surface area (Å²) in [5, 5.41) is 18.8. The second kappa shape index (κ2) is 11.1. The lowest BCUT2D eigenvalue weighted by molar-refractivity contribution is -0.123. The van der Waals surface area contributed by atoms with Crippen LogP contribution in [-0.4, -0.2) is 38.0 Å². The van der Waals surface area contributed by atoms with E-state index in [1.165, 1.54) is 6.21 Å². The number of benzene rings is 3. The van der Waals surface area contributed by atoms with E-state index >= 15 is 0 Å². The van der Waals surface area contributed by atoms with Crippen LogP contribution in [0.2, 0.25) is 5.15 Å². The van der Waals surface area contributed by atoms with Gasteiger partial charge in [-0.15, -0.1) is 0 Å². The van der Waals surface area contributed by atoms with Gasteiger partial charge in [0, 0.05) is 10.9 Å². The number of halogens is 1. The third-order valence-corrected chi connectivity index (χ3v) is 6.35. The van der Waals surface area contributed by atoms with Gasteiger partial charge in [-0.25, -0.2) is 15.2 Å². The molecule has 0 unspecified atom stereocenters. The van der Waals surface area contributed by atoms with Crippen molar-refractivity contribution in [3.63, 3.8) is 0 Å². The molecule has 39 heavy (non-hydrogen) atoms. The molecular weight excluding hydrogens is 518 g/mol. The molecule has 0 aliphatic heterocycles. The number of aryl methyl sites for hydroxylation is 1. The SMILES string of the molecule is Cc1nn(-c2ccccc2)c(Cl)c1C=NNC(=O)[C@H](NC(=O)c1ccccc1)c1n[nH]c(=O)c2ccccc12. The number of aromatic amines is 1. The Morgan fingerprint density at radius 3 is 2.33 bits per heavy atom. The van der Waals surface area contributed by atoms with Crippen molar-refractivity contribution in [2.24, 2.45) is 5.10 Å². The van der Waals surface area contributed by atoms with E-state index in [2.05, 4.69) is 31.1 Å². The molecule has 0 saturated carbocycles. The van der Waals surface area contributed by atoms with Crippen molar-refractivity contribution in [3.05, 3.63) is 123 Å². The molecular formula is C28H22ClN7O3. The minimum atomic E-state index is -1.28. The first-order valence-electron chi connectivity index (χ1n) is 11.9. The lowest BCUT2D eigenvalue weighted by Crippen LogP contribution is -2.40. The number of para-hydroxylation sites is 1. The molecule has 194 valence electrons. The normalized spacial score (nSPS) is 11.9. The van der Waals surface area contributed by atoms with Crippen LogP contribution in [-0.2, 0) is 4.79 Å². The maximum absolute atomic E-state index is 13.4. The highest BCUT2D eigenvalue weighted by molar-refractivity contribution is 6.32. The van der Waals surface area contributed by atoms with E-state index in [1.54, 1.807) is 66.2 Å². The highest BCUT2D eigenvalue weighted by Crippen LogP contribution is 2.23. The lowest BCUT2D eigenvalue weighted by Gasteiger charge is -2.18. The molecule has 0 radical (unpaired) electrons. The van der Waals surface area contributed by atoms with Crippen molar-refractivity contribution >= 4 is 40.4 Å². The third-order valence-electron chi connectivity index (χ3n) is 5.99. The number of aromatic nitrogens is 4. The summed E-state index contributed by atoms with van der Waals surface area (Å²) < 4.78 is 1.57. The lowest BCUT2D eigenvalue weighted by atomic mass is 10.0. The Labute approximate surface area is 227 Å². The molecule has 0 saturated heterocycles. The second-order valence-electron chi connectivity index (χ2n) is 8.53. The van der Waals surface area contributed by atoms with E-state index in [4.69, 9.17) is 11.6 Å². The van der Waals surface area contributed by atoms with E-state index < -0.39 is 23.4 Å². The molecule has 1 atom stereocenters. The van der Waals surface area contributed by atoms with Crippen molar-refractivity contribution in [2.75, 3.05) is 0 Å². The Balaban J connectivity index is 1.45. The summed E-state index contributed by atoms with van der Waals surface area (Å²) >= 11 is 6.55. The van der Waals surface area contributed by atoms with Gasteiger partial charge in [-0.05, 0) is 37.3 Å². The maximum Gasteiger partial charge on any atom is 0.272 e. The van der Waals surface area contributed by atoms with E-state index in [0.29, 0.717) is 32.7 Å². The van der Waals surface area contributed by atoms with Crippen LogP contribution in [0.3, 0.4) is 0 Å². The number of carbonyl (C=O) groups is 2. The van der Waals surface area contributed by atoms with Crippen LogP contribution < -0.4 is 16.3 Å². The van der Waals surface area contributed by atoms with E-state index in [1.807, 2.05) is 30.3 Å². The largest absolute Gasteiger partial charge is 0.335 e. The van der Waals surface area contributed by atoms with Crippen molar-refractivity contribution in [2.45, 2.75) is 13.0 Å². The molecule has 0 aliphatic carbocycles. The molecule has 0 fully saturated rings. The van der Waals surface area contributed by atoms with Gasteiger partial charge < -0.3 is 5.32 Å². The summed E-state index contributed by atoms with van der Waals surface area (Å²) in [6, 6.07) is 23.2. The fourth-order valence-electron chi connectivity index (χ4n) is 4.04. The Hall–Kier alpha value is -5.09. The predicted molar refractivity (Wildman–Crippen MR) is 148 cm³/mol. The number of amides is 2. The zero-order chi connectivity index (χ0) is 27.4. The quantitative estimate of drug-likeness (QED) is 0.214. The van der Waals surface area contributed by atoms with Gasteiger partial charge >= 0.3 is 0 Å². The number of rotatable bonds is 7. The van der Waals surface area contributed by atoms with Crippen molar-refractivity contribution in [1.82, 2.24) is 30.7 Å². The Morgan fingerprint density at radius 1 is 0.974 bits per heavy atom. The number of carbonyl (C=O) groups excluding carboxylic acids is 2. The van der Waals surface area contributed by atoms with Crippen LogP contribution in [0.4, 0.5) is 0 Å². The maximum atomic E-state index is 13.4. The Bertz CT molecular complexity index is 1750. The van der Waals surface area contributed by atoms with Crippen LogP contribution in [0.1, 0.15) is 33.4 Å². The topological polar surface area (TPSA) is 134 Å². The average Bonchev–Trinajstić information content (AvgIpc) is 3.26. The van der Waals surface area contributed by atoms with Gasteiger partial charge in [0.2, 0.25) is 0 Å². The van der Waals surface area contributed by atoms with Crippen LogP contribution in [0.25, 0.3) is 16.5 Å². The first-order valence-corrected chi connectivity index (χ1v) is 12.3. The summed E-state index contributed by atoms with van der Waals surface area (Å²) in [4.78, 5) is 38.7. The minimum absolute atomic E-state index is 0.160. The molecule has 11 heteroatoms. The predicted octanol–water partition coefficient (Wildman–Crippen LogP) is 3.69. The highest BCUT2D eigenvalue weighted by Gasteiger charge is 2.27. The van der Waals surface area contributed by atoms with Gasteiger partial charge in [0.05, 0.1) is 28.5 Å². The molecule has 3 aromatic carbocycles. The zero-order valence-corrected chi connectivity index (χ0v) is 21.4. The standard InChI is InChI=1S/C28H22ClN7O3/c1-17-22(25(29)36(35-17)19-12-6-3-7-13-19)16-30-33-28(39)24(31-26(37)18-10-4-2-5-11-18)23-20-14-8-9-15-21(20)27(38)34-32-23/h2-16,24H,1H3,(H,31,37)(H,33,39)(H,34,38)/t24-/m1/s1. The Morgan fingerprint density at radius 2 is 1.62 bits per heavy atom.